The van der Waals surface area contributed by atoms with Gasteiger partial charge in [-0.2, -0.15) is 12.6 Å². The molecule has 0 saturated carbocycles. The van der Waals surface area contributed by atoms with Gasteiger partial charge in [0.1, 0.15) is 5.37 Å². The molecule has 0 aromatic carbocycles. The van der Waals surface area contributed by atoms with Gasteiger partial charge in [0.2, 0.25) is 0 Å². The van der Waals surface area contributed by atoms with Crippen LogP contribution in [0.25, 0.3) is 0 Å². The second-order valence-corrected chi connectivity index (χ2v) is 4.33. The zero-order chi connectivity index (χ0) is 8.97. The van der Waals surface area contributed by atoms with Crippen molar-refractivity contribution in [3.05, 3.63) is 0 Å². The number of carbonyl (C=O) groups excluding carboxylic acids is 1. The molecule has 12 heavy (non-hydrogen) atoms. The summed E-state index contributed by atoms with van der Waals surface area (Å²) in [6.07, 6.45) is 1.13. The molecule has 70 valence electrons. The number of thioether (sulfide) groups is 1. The highest BCUT2D eigenvalue weighted by Gasteiger charge is 2.24. The molecule has 1 aliphatic rings. The first-order chi connectivity index (χ1) is 5.75. The van der Waals surface area contributed by atoms with Crippen LogP contribution in [0.1, 0.15) is 6.42 Å². The largest absolute Gasteiger partial charge is 0.321 e. The number of ketones is 1. The Bertz CT molecular complexity index is 159. The monoisotopic (exact) mass is 206 g/mol. The summed E-state index contributed by atoms with van der Waals surface area (Å²) in [6, 6.07) is -0.420. The van der Waals surface area contributed by atoms with Crippen LogP contribution < -0.4 is 11.1 Å². The maximum absolute atomic E-state index is 11.5. The zero-order valence-corrected chi connectivity index (χ0v) is 8.54. The summed E-state index contributed by atoms with van der Waals surface area (Å²) in [7, 11) is 0. The molecule has 0 spiro atoms. The SMILES string of the molecule is N[C@@H](CS)C(=O)C1NCCCS1. The lowest BCUT2D eigenvalue weighted by Crippen LogP contribution is -2.47. The van der Waals surface area contributed by atoms with E-state index in [-0.39, 0.29) is 11.2 Å². The Morgan fingerprint density at radius 2 is 2.58 bits per heavy atom. The highest BCUT2D eigenvalue weighted by molar-refractivity contribution is 8.00. The van der Waals surface area contributed by atoms with Crippen LogP contribution in [-0.4, -0.2) is 35.2 Å². The van der Waals surface area contributed by atoms with Crippen molar-refractivity contribution in [2.75, 3.05) is 18.1 Å². The summed E-state index contributed by atoms with van der Waals surface area (Å²) in [4.78, 5) is 11.5. The fraction of sp³-hybridized carbons (Fsp3) is 0.857. The lowest BCUT2D eigenvalue weighted by atomic mass is 10.2. The minimum Gasteiger partial charge on any atom is -0.321 e. The van der Waals surface area contributed by atoms with Crippen LogP contribution in [0.15, 0.2) is 0 Å². The van der Waals surface area contributed by atoms with Gasteiger partial charge in [0, 0.05) is 5.75 Å². The van der Waals surface area contributed by atoms with Gasteiger partial charge in [-0.1, -0.05) is 0 Å². The van der Waals surface area contributed by atoms with Crippen molar-refractivity contribution in [3.63, 3.8) is 0 Å². The van der Waals surface area contributed by atoms with Crippen LogP contribution in [-0.2, 0) is 4.79 Å². The molecule has 1 unspecified atom stereocenters. The Morgan fingerprint density at radius 1 is 1.83 bits per heavy atom. The maximum Gasteiger partial charge on any atom is 0.177 e. The van der Waals surface area contributed by atoms with Crippen molar-refractivity contribution >= 4 is 30.2 Å². The standard InChI is InChI=1S/C7H14N2OS2/c8-5(4-11)6(10)7-9-2-1-3-12-7/h5,7,9,11H,1-4,8H2/t5-,7?/m0/s1. The zero-order valence-electron chi connectivity index (χ0n) is 6.82. The number of hydrogen-bond acceptors (Lipinski definition) is 5. The molecule has 1 fully saturated rings. The van der Waals surface area contributed by atoms with Crippen LogP contribution in [0.2, 0.25) is 0 Å². The van der Waals surface area contributed by atoms with Crippen molar-refractivity contribution in [2.45, 2.75) is 17.8 Å². The van der Waals surface area contributed by atoms with E-state index in [1.165, 1.54) is 0 Å². The highest BCUT2D eigenvalue weighted by atomic mass is 32.2. The van der Waals surface area contributed by atoms with Gasteiger partial charge in [0.05, 0.1) is 6.04 Å². The molecule has 1 aliphatic heterocycles. The van der Waals surface area contributed by atoms with E-state index in [9.17, 15) is 4.79 Å². The molecular weight excluding hydrogens is 192 g/mol. The fourth-order valence-corrected chi connectivity index (χ4v) is 2.33. The Labute approximate surface area is 82.3 Å². The lowest BCUT2D eigenvalue weighted by molar-refractivity contribution is -0.119. The number of nitrogens with one attached hydrogen (secondary N) is 1. The summed E-state index contributed by atoms with van der Waals surface area (Å²) in [5.41, 5.74) is 5.57. The molecule has 1 rings (SSSR count). The minimum atomic E-state index is -0.420. The number of rotatable bonds is 3. The van der Waals surface area contributed by atoms with Gasteiger partial charge in [-0.3, -0.25) is 10.1 Å². The maximum atomic E-state index is 11.5. The van der Waals surface area contributed by atoms with Crippen LogP contribution >= 0.6 is 24.4 Å². The molecule has 0 aliphatic carbocycles. The summed E-state index contributed by atoms with van der Waals surface area (Å²) in [6.45, 7) is 0.919. The number of hydrogen-bond donors (Lipinski definition) is 3. The van der Waals surface area contributed by atoms with Crippen LogP contribution in [0, 0.1) is 0 Å². The van der Waals surface area contributed by atoms with Gasteiger partial charge < -0.3 is 5.73 Å². The second kappa shape index (κ2) is 5.11. The van der Waals surface area contributed by atoms with E-state index in [1.807, 2.05) is 0 Å². The van der Waals surface area contributed by atoms with Crippen molar-refractivity contribution in [3.8, 4) is 0 Å². The molecule has 3 nitrogen and oxygen atoms in total. The Kier molecular flexibility index (Phi) is 4.42. The topological polar surface area (TPSA) is 55.1 Å². The van der Waals surface area contributed by atoms with Crippen molar-refractivity contribution in [1.29, 1.82) is 0 Å². The molecule has 5 heteroatoms. The summed E-state index contributed by atoms with van der Waals surface area (Å²) in [5, 5.41) is 3.04. The van der Waals surface area contributed by atoms with Crippen LogP contribution in [0.3, 0.4) is 0 Å². The number of nitrogens with two attached hydrogens (primary N) is 1. The van der Waals surface area contributed by atoms with E-state index in [1.54, 1.807) is 11.8 Å². The highest BCUT2D eigenvalue weighted by Crippen LogP contribution is 2.16. The lowest BCUT2D eigenvalue weighted by Gasteiger charge is -2.23. The Morgan fingerprint density at radius 3 is 3.08 bits per heavy atom. The quantitative estimate of drug-likeness (QED) is 0.563. The number of Topliss-reactive ketones (excluding diaryl/α,β-unsaturated/α-hetero) is 1. The van der Waals surface area contributed by atoms with Crippen molar-refractivity contribution < 1.29 is 4.79 Å². The van der Waals surface area contributed by atoms with Crippen molar-refractivity contribution in [2.24, 2.45) is 5.73 Å². The molecule has 1 saturated heterocycles. The van der Waals surface area contributed by atoms with E-state index in [0.29, 0.717) is 5.75 Å². The first kappa shape index (κ1) is 10.4. The molecular formula is C7H14N2OS2. The first-order valence-electron chi connectivity index (χ1n) is 4.01. The minimum absolute atomic E-state index is 0.0784. The van der Waals surface area contributed by atoms with Crippen LogP contribution in [0.4, 0.5) is 0 Å². The average molecular weight is 206 g/mol. The van der Waals surface area contributed by atoms with Gasteiger partial charge in [0.25, 0.3) is 0 Å². The van der Waals surface area contributed by atoms with E-state index in [0.717, 1.165) is 18.7 Å². The van der Waals surface area contributed by atoms with Gasteiger partial charge in [0.15, 0.2) is 5.78 Å². The summed E-state index contributed by atoms with van der Waals surface area (Å²) < 4.78 is 0. The van der Waals surface area contributed by atoms with E-state index < -0.39 is 6.04 Å². The molecule has 0 amide bonds. The molecule has 0 aromatic rings. The molecule has 0 bridgehead atoms. The third-order valence-corrected chi connectivity index (χ3v) is 3.41. The Hall–Kier alpha value is 0.290. The van der Waals surface area contributed by atoms with Gasteiger partial charge in [-0.25, -0.2) is 0 Å². The second-order valence-electron chi connectivity index (χ2n) is 2.75. The third kappa shape index (κ3) is 2.65. The first-order valence-corrected chi connectivity index (χ1v) is 5.69. The van der Waals surface area contributed by atoms with Crippen molar-refractivity contribution in [1.82, 2.24) is 5.32 Å². The van der Waals surface area contributed by atoms with Gasteiger partial charge >= 0.3 is 0 Å². The number of carbonyl (C=O) groups is 1. The van der Waals surface area contributed by atoms with E-state index in [4.69, 9.17) is 5.73 Å². The van der Waals surface area contributed by atoms with Crippen LogP contribution in [0.5, 0.6) is 0 Å². The smallest absolute Gasteiger partial charge is 0.177 e. The summed E-state index contributed by atoms with van der Waals surface area (Å²) >= 11 is 5.63. The molecule has 1 heterocycles. The molecule has 0 radical (unpaired) electrons. The van der Waals surface area contributed by atoms with E-state index >= 15 is 0 Å². The fourth-order valence-electron chi connectivity index (χ4n) is 1.03. The van der Waals surface area contributed by atoms with Gasteiger partial charge in [-0.15, -0.1) is 11.8 Å². The molecule has 0 aromatic heterocycles. The average Bonchev–Trinajstić information content (AvgIpc) is 2.17. The number of thiol groups is 1. The Balaban J connectivity index is 2.39. The summed E-state index contributed by atoms with van der Waals surface area (Å²) in [5.74, 6) is 1.55. The molecule has 3 N–H and O–H groups in total. The predicted molar refractivity (Wildman–Crippen MR) is 55.7 cm³/mol. The normalized spacial score (nSPS) is 26.7. The van der Waals surface area contributed by atoms with Gasteiger partial charge in [-0.05, 0) is 18.7 Å². The molecule has 2 atom stereocenters. The predicted octanol–water partition coefficient (Wildman–Crippen LogP) is -0.135. The van der Waals surface area contributed by atoms with E-state index in [2.05, 4.69) is 17.9 Å². The third-order valence-electron chi connectivity index (χ3n) is 1.76.